The fraction of sp³-hybridized carbons (Fsp3) is 0.278. The van der Waals surface area contributed by atoms with Gasteiger partial charge in [-0.3, -0.25) is 9.52 Å². The van der Waals surface area contributed by atoms with Crippen molar-refractivity contribution in [3.8, 4) is 0 Å². The molecule has 0 saturated carbocycles. The van der Waals surface area contributed by atoms with Crippen LogP contribution in [0, 0.1) is 5.82 Å². The number of aromatic nitrogens is 1. The Morgan fingerprint density at radius 1 is 1.28 bits per heavy atom. The van der Waals surface area contributed by atoms with Gasteiger partial charge in [0.15, 0.2) is 0 Å². The first-order chi connectivity index (χ1) is 13.7. The number of benzene rings is 1. The number of H-pyrrole nitrogens is 1. The van der Waals surface area contributed by atoms with Gasteiger partial charge < -0.3 is 15.0 Å². The monoisotopic (exact) mass is 441 g/mol. The number of aliphatic hydroxyl groups is 1. The molecule has 4 rings (SSSR count). The minimum absolute atomic E-state index is 0.0640. The highest BCUT2D eigenvalue weighted by Gasteiger charge is 2.29. The first kappa shape index (κ1) is 19.8. The molecule has 3 N–H and O–H groups in total. The molecule has 0 bridgehead atoms. The molecule has 1 aliphatic rings. The molecule has 0 radical (unpaired) electrons. The van der Waals surface area contributed by atoms with Crippen LogP contribution in [0.2, 0.25) is 0 Å². The molecule has 1 aromatic carbocycles. The number of hydrogen-bond acceptors (Lipinski definition) is 6. The Balaban J connectivity index is 1.61. The topological polar surface area (TPSA) is 102 Å². The zero-order valence-corrected chi connectivity index (χ0v) is 16.6. The lowest BCUT2D eigenvalue weighted by atomic mass is 10.1. The van der Waals surface area contributed by atoms with Gasteiger partial charge in [-0.05, 0) is 42.1 Å². The third-order valence-electron chi connectivity index (χ3n) is 4.75. The Morgan fingerprint density at radius 2 is 2.07 bits per heavy atom. The van der Waals surface area contributed by atoms with Crippen molar-refractivity contribution in [1.29, 1.82) is 0 Å². The number of aliphatic hydroxyl groups excluding tert-OH is 1. The second-order valence-corrected chi connectivity index (χ2v) is 9.71. The highest BCUT2D eigenvalue weighted by atomic mass is 32.2. The van der Waals surface area contributed by atoms with Crippen LogP contribution in [0.3, 0.4) is 0 Å². The predicted octanol–water partition coefficient (Wildman–Crippen LogP) is 2.44. The molecule has 2 atom stereocenters. The Labute approximate surface area is 168 Å². The van der Waals surface area contributed by atoms with E-state index in [0.29, 0.717) is 16.9 Å². The van der Waals surface area contributed by atoms with Crippen LogP contribution < -0.4 is 15.2 Å². The number of β-amino-alcohol motifs (C(OH)–C–C–N with tert-alkyl or cyclic N) is 1. The van der Waals surface area contributed by atoms with Crippen molar-refractivity contribution in [2.45, 2.75) is 22.9 Å². The van der Waals surface area contributed by atoms with E-state index in [0.717, 1.165) is 23.5 Å². The van der Waals surface area contributed by atoms with Crippen molar-refractivity contribution in [3.05, 3.63) is 52.7 Å². The molecule has 0 amide bonds. The van der Waals surface area contributed by atoms with Gasteiger partial charge in [-0.25, -0.2) is 17.2 Å². The number of hydrogen-bond donors (Lipinski definition) is 3. The number of aromatic amines is 1. The van der Waals surface area contributed by atoms with Gasteiger partial charge in [0, 0.05) is 24.7 Å². The molecule has 1 aliphatic heterocycles. The number of thiophene rings is 1. The van der Waals surface area contributed by atoms with E-state index in [4.69, 9.17) is 0 Å². The number of halogens is 2. The van der Waals surface area contributed by atoms with Gasteiger partial charge in [0.05, 0.1) is 10.7 Å². The maximum absolute atomic E-state index is 14.4. The second kappa shape index (κ2) is 7.39. The van der Waals surface area contributed by atoms with Crippen molar-refractivity contribution < 1.29 is 22.3 Å². The number of sulfonamides is 1. The molecule has 1 fully saturated rings. The number of rotatable bonds is 4. The van der Waals surface area contributed by atoms with Crippen LogP contribution >= 0.6 is 11.3 Å². The van der Waals surface area contributed by atoms with E-state index >= 15 is 0 Å². The smallest absolute Gasteiger partial charge is 0.271 e. The highest BCUT2D eigenvalue weighted by Crippen LogP contribution is 2.33. The lowest BCUT2D eigenvalue weighted by Gasteiger charge is -2.32. The Kier molecular flexibility index (Phi) is 5.05. The number of alkyl halides is 1. The summed E-state index contributed by atoms with van der Waals surface area (Å²) in [6.07, 6.45) is -0.899. The van der Waals surface area contributed by atoms with Crippen molar-refractivity contribution >= 4 is 42.8 Å². The molecule has 1 saturated heterocycles. The first-order valence-corrected chi connectivity index (χ1v) is 11.1. The van der Waals surface area contributed by atoms with Crippen LogP contribution in [0.15, 0.2) is 45.5 Å². The maximum Gasteiger partial charge on any atom is 0.271 e. The van der Waals surface area contributed by atoms with Gasteiger partial charge in [-0.2, -0.15) is 0 Å². The van der Waals surface area contributed by atoms with E-state index in [1.165, 1.54) is 18.3 Å². The molecule has 0 spiro atoms. The first-order valence-electron chi connectivity index (χ1n) is 8.75. The minimum atomic E-state index is -4.11. The van der Waals surface area contributed by atoms with Crippen LogP contribution in [0.1, 0.15) is 6.42 Å². The lowest BCUT2D eigenvalue weighted by Crippen LogP contribution is -2.44. The summed E-state index contributed by atoms with van der Waals surface area (Å²) in [5, 5.41) is 10.8. The quantitative estimate of drug-likeness (QED) is 0.577. The summed E-state index contributed by atoms with van der Waals surface area (Å²) in [6.45, 7) is 0.421. The summed E-state index contributed by atoms with van der Waals surface area (Å²) in [6, 6.07) is 6.68. The average molecular weight is 441 g/mol. The number of nitrogens with zero attached hydrogens (tertiary/aromatic N) is 1. The fourth-order valence-electron chi connectivity index (χ4n) is 3.21. The van der Waals surface area contributed by atoms with Crippen molar-refractivity contribution in [2.24, 2.45) is 0 Å². The standard InChI is InChI=1S/C18H17F2N3O4S2/c19-12-4-6-23(9-15(12)24)16-1-2-17(28-16)29(26,27)22-14-8-11-10(7-13(14)20)3-5-21-18(11)25/h1-3,5,7-8,12,15,22,24H,4,6,9H2,(H,21,25)/t12-,15-/m1/s1. The number of anilines is 2. The van der Waals surface area contributed by atoms with Gasteiger partial charge in [0.1, 0.15) is 22.3 Å². The molecular formula is C18H17F2N3O4S2. The van der Waals surface area contributed by atoms with E-state index in [1.54, 1.807) is 11.0 Å². The summed E-state index contributed by atoms with van der Waals surface area (Å²) >= 11 is 0.933. The van der Waals surface area contributed by atoms with E-state index in [-0.39, 0.29) is 28.2 Å². The van der Waals surface area contributed by atoms with Crippen molar-refractivity contribution in [1.82, 2.24) is 4.98 Å². The molecule has 154 valence electrons. The summed E-state index contributed by atoms with van der Waals surface area (Å²) < 4.78 is 55.3. The molecule has 3 aromatic rings. The average Bonchev–Trinajstić information content (AvgIpc) is 3.16. The molecule has 0 aliphatic carbocycles. The molecule has 29 heavy (non-hydrogen) atoms. The highest BCUT2D eigenvalue weighted by molar-refractivity contribution is 7.94. The van der Waals surface area contributed by atoms with Gasteiger partial charge >= 0.3 is 0 Å². The Bertz CT molecular complexity index is 1230. The zero-order chi connectivity index (χ0) is 20.8. The second-order valence-electron chi connectivity index (χ2n) is 6.74. The summed E-state index contributed by atoms with van der Waals surface area (Å²) in [5.41, 5.74) is -0.797. The van der Waals surface area contributed by atoms with E-state index in [1.807, 2.05) is 0 Å². The van der Waals surface area contributed by atoms with Crippen LogP contribution in [-0.4, -0.2) is 43.9 Å². The molecule has 3 heterocycles. The summed E-state index contributed by atoms with van der Waals surface area (Å²) in [7, 11) is -4.11. The third-order valence-corrected chi connectivity index (χ3v) is 7.75. The minimum Gasteiger partial charge on any atom is -0.388 e. The molecular weight excluding hydrogens is 424 g/mol. The molecule has 7 nitrogen and oxygen atoms in total. The zero-order valence-electron chi connectivity index (χ0n) is 14.9. The van der Waals surface area contributed by atoms with E-state index in [9.17, 15) is 27.1 Å². The summed E-state index contributed by atoms with van der Waals surface area (Å²) in [4.78, 5) is 16.1. The maximum atomic E-state index is 14.4. The lowest BCUT2D eigenvalue weighted by molar-refractivity contribution is 0.0647. The van der Waals surface area contributed by atoms with Crippen molar-refractivity contribution in [2.75, 3.05) is 22.7 Å². The van der Waals surface area contributed by atoms with Crippen LogP contribution in [0.25, 0.3) is 10.8 Å². The van der Waals surface area contributed by atoms with Gasteiger partial charge in [-0.15, -0.1) is 11.3 Å². The number of nitrogens with one attached hydrogen (secondary N) is 2. The van der Waals surface area contributed by atoms with Crippen LogP contribution in [0.5, 0.6) is 0 Å². The normalized spacial score (nSPS) is 20.2. The van der Waals surface area contributed by atoms with Gasteiger partial charge in [-0.1, -0.05) is 0 Å². The van der Waals surface area contributed by atoms with Gasteiger partial charge in [0.25, 0.3) is 15.6 Å². The third kappa shape index (κ3) is 3.85. The van der Waals surface area contributed by atoms with E-state index in [2.05, 4.69) is 9.71 Å². The largest absolute Gasteiger partial charge is 0.388 e. The Morgan fingerprint density at radius 3 is 2.83 bits per heavy atom. The number of piperidine rings is 1. The molecule has 2 aromatic heterocycles. The predicted molar refractivity (Wildman–Crippen MR) is 107 cm³/mol. The van der Waals surface area contributed by atoms with Crippen LogP contribution in [-0.2, 0) is 10.0 Å². The summed E-state index contributed by atoms with van der Waals surface area (Å²) in [5.74, 6) is -0.809. The molecule has 11 heteroatoms. The Hall–Kier alpha value is -2.50. The number of pyridine rings is 1. The molecule has 0 unspecified atom stereocenters. The number of fused-ring (bicyclic) bond motifs is 1. The van der Waals surface area contributed by atoms with Gasteiger partial charge in [0.2, 0.25) is 0 Å². The fourth-order valence-corrected chi connectivity index (χ4v) is 5.60. The van der Waals surface area contributed by atoms with Crippen LogP contribution in [0.4, 0.5) is 19.5 Å². The SMILES string of the molecule is O=c1[nH]ccc2cc(F)c(NS(=O)(=O)c3ccc(N4CC[C@@H](F)[C@H](O)C4)s3)cc12. The van der Waals surface area contributed by atoms with E-state index < -0.39 is 33.7 Å². The van der Waals surface area contributed by atoms with Crippen molar-refractivity contribution in [3.63, 3.8) is 0 Å².